The molecular formula is C20H19Cl2N3O5S. The predicted molar refractivity (Wildman–Crippen MR) is 116 cm³/mol. The minimum atomic E-state index is -3.79. The third kappa shape index (κ3) is 4.86. The lowest BCUT2D eigenvalue weighted by Gasteiger charge is -2.25. The molecule has 0 bridgehead atoms. The maximum Gasteiger partial charge on any atom is 0.460 e. The van der Waals surface area contributed by atoms with Crippen molar-refractivity contribution in [2.45, 2.75) is 11.0 Å². The van der Waals surface area contributed by atoms with Crippen LogP contribution in [-0.4, -0.2) is 44.0 Å². The van der Waals surface area contributed by atoms with Crippen LogP contribution in [0.3, 0.4) is 0 Å². The van der Waals surface area contributed by atoms with E-state index in [9.17, 15) is 13.2 Å². The van der Waals surface area contributed by atoms with Gasteiger partial charge in [0.2, 0.25) is 0 Å². The van der Waals surface area contributed by atoms with Crippen LogP contribution in [0.2, 0.25) is 10.0 Å². The molecule has 1 aliphatic heterocycles. The molecule has 1 saturated heterocycles. The summed E-state index contributed by atoms with van der Waals surface area (Å²) in [6, 6.07) is 11.5. The lowest BCUT2D eigenvalue weighted by Crippen LogP contribution is -2.30. The van der Waals surface area contributed by atoms with Crippen LogP contribution >= 0.6 is 23.2 Å². The molecule has 4 rings (SSSR count). The summed E-state index contributed by atoms with van der Waals surface area (Å²) in [4.78, 5) is 15.1. The summed E-state index contributed by atoms with van der Waals surface area (Å²) in [5.41, 5.74) is 1.02. The summed E-state index contributed by atoms with van der Waals surface area (Å²) < 4.78 is 37.5. The molecule has 2 N–H and O–H groups in total. The quantitative estimate of drug-likeness (QED) is 0.572. The van der Waals surface area contributed by atoms with E-state index in [-0.39, 0.29) is 22.0 Å². The SMILES string of the molecule is O=c1nc(-c2ccccc2S(=O)(=O)C[C@@H]2CNCCO[C@H]2c2ccc(Cl)c(Cl)c2)[nH]o1. The maximum absolute atomic E-state index is 13.4. The van der Waals surface area contributed by atoms with Crippen molar-refractivity contribution in [3.8, 4) is 11.4 Å². The second kappa shape index (κ2) is 9.13. The molecule has 3 aromatic rings. The molecule has 0 amide bonds. The van der Waals surface area contributed by atoms with Gasteiger partial charge in [0.1, 0.15) is 0 Å². The van der Waals surface area contributed by atoms with Crippen molar-refractivity contribution in [1.82, 2.24) is 15.5 Å². The summed E-state index contributed by atoms with van der Waals surface area (Å²) in [5.74, 6) is -1.36. The molecule has 31 heavy (non-hydrogen) atoms. The number of aromatic amines is 1. The Kier molecular flexibility index (Phi) is 6.49. The Morgan fingerprint density at radius 2 is 1.94 bits per heavy atom. The fraction of sp³-hybridized carbons (Fsp3) is 0.300. The van der Waals surface area contributed by atoms with Gasteiger partial charge in [0.25, 0.3) is 0 Å². The number of halogens is 2. The molecule has 0 radical (unpaired) electrons. The molecule has 2 atom stereocenters. The van der Waals surface area contributed by atoms with Crippen molar-refractivity contribution < 1.29 is 17.7 Å². The molecular weight excluding hydrogens is 465 g/mol. The number of aromatic nitrogens is 2. The number of hydrogen-bond donors (Lipinski definition) is 2. The van der Waals surface area contributed by atoms with Gasteiger partial charge in [-0.15, -0.1) is 0 Å². The van der Waals surface area contributed by atoms with Gasteiger partial charge in [-0.2, -0.15) is 10.1 Å². The Balaban J connectivity index is 1.69. The minimum Gasteiger partial charge on any atom is -0.372 e. The molecule has 1 fully saturated rings. The van der Waals surface area contributed by atoms with Crippen LogP contribution < -0.4 is 11.1 Å². The number of sulfone groups is 1. The number of nitrogens with one attached hydrogen (secondary N) is 2. The number of ether oxygens (including phenoxy) is 1. The first kappa shape index (κ1) is 22.0. The third-order valence-electron chi connectivity index (χ3n) is 5.03. The van der Waals surface area contributed by atoms with Crippen molar-refractivity contribution in [3.63, 3.8) is 0 Å². The summed E-state index contributed by atoms with van der Waals surface area (Å²) in [6.07, 6.45) is -0.487. The second-order valence-corrected chi connectivity index (χ2v) is 9.95. The van der Waals surface area contributed by atoms with Gasteiger partial charge < -0.3 is 14.6 Å². The summed E-state index contributed by atoms with van der Waals surface area (Å²) in [7, 11) is -3.79. The fourth-order valence-corrected chi connectivity index (χ4v) is 5.77. The van der Waals surface area contributed by atoms with E-state index >= 15 is 0 Å². The zero-order chi connectivity index (χ0) is 22.0. The van der Waals surface area contributed by atoms with Gasteiger partial charge in [-0.25, -0.2) is 13.2 Å². The van der Waals surface area contributed by atoms with Gasteiger partial charge in [-0.3, -0.25) is 0 Å². The van der Waals surface area contributed by atoms with E-state index in [2.05, 4.69) is 20.0 Å². The second-order valence-electron chi connectivity index (χ2n) is 7.14. The number of benzene rings is 2. The standard InChI is InChI=1S/C20H19Cl2N3O5S/c21-15-6-5-12(9-16(15)22)18-13(10-23-7-8-29-18)11-31(27,28)17-4-2-1-3-14(17)19-24-20(26)30-25-19/h1-6,9,13,18,23H,7-8,10-11H2,(H,24,25,26)/t13-,18-/m0/s1. The Bertz CT molecular complexity index is 1240. The summed E-state index contributed by atoms with van der Waals surface area (Å²) in [5, 5.41) is 6.38. The van der Waals surface area contributed by atoms with Gasteiger partial charge in [0.05, 0.1) is 33.4 Å². The van der Waals surface area contributed by atoms with E-state index in [0.29, 0.717) is 29.7 Å². The first-order valence-corrected chi connectivity index (χ1v) is 11.9. The Morgan fingerprint density at radius 3 is 2.68 bits per heavy atom. The van der Waals surface area contributed by atoms with Gasteiger partial charge in [-0.1, -0.05) is 41.4 Å². The topological polar surface area (TPSA) is 114 Å². The van der Waals surface area contributed by atoms with Gasteiger partial charge >= 0.3 is 5.76 Å². The Hall–Kier alpha value is -2.17. The van der Waals surface area contributed by atoms with Crippen molar-refractivity contribution in [2.75, 3.05) is 25.4 Å². The molecule has 2 heterocycles. The summed E-state index contributed by atoms with van der Waals surface area (Å²) >= 11 is 12.2. The Labute approximate surface area is 188 Å². The van der Waals surface area contributed by atoms with E-state index in [1.807, 2.05) is 0 Å². The Morgan fingerprint density at radius 1 is 1.13 bits per heavy atom. The fourth-order valence-electron chi connectivity index (χ4n) is 3.64. The minimum absolute atomic E-state index is 0.0525. The smallest absolute Gasteiger partial charge is 0.372 e. The van der Waals surface area contributed by atoms with Crippen LogP contribution in [0.25, 0.3) is 11.4 Å². The summed E-state index contributed by atoms with van der Waals surface area (Å²) in [6.45, 7) is 1.47. The zero-order valence-electron chi connectivity index (χ0n) is 16.2. The van der Waals surface area contributed by atoms with Crippen molar-refractivity contribution in [1.29, 1.82) is 0 Å². The van der Waals surface area contributed by atoms with E-state index in [0.717, 1.165) is 5.56 Å². The molecule has 1 aromatic heterocycles. The van der Waals surface area contributed by atoms with E-state index in [4.69, 9.17) is 27.9 Å². The number of H-pyrrole nitrogens is 1. The highest BCUT2D eigenvalue weighted by Crippen LogP contribution is 2.34. The average molecular weight is 484 g/mol. The number of hydrogen-bond acceptors (Lipinski definition) is 7. The average Bonchev–Trinajstić information content (AvgIpc) is 3.05. The van der Waals surface area contributed by atoms with Crippen LogP contribution in [0.1, 0.15) is 11.7 Å². The predicted octanol–water partition coefficient (Wildman–Crippen LogP) is 3.09. The van der Waals surface area contributed by atoms with Crippen molar-refractivity contribution in [3.05, 3.63) is 68.6 Å². The van der Waals surface area contributed by atoms with E-state index < -0.39 is 27.6 Å². The molecule has 8 nitrogen and oxygen atoms in total. The molecule has 1 aliphatic rings. The van der Waals surface area contributed by atoms with Crippen LogP contribution in [0, 0.1) is 5.92 Å². The molecule has 11 heteroatoms. The largest absolute Gasteiger partial charge is 0.460 e. The van der Waals surface area contributed by atoms with Crippen molar-refractivity contribution in [2.24, 2.45) is 5.92 Å². The molecule has 164 valence electrons. The zero-order valence-corrected chi connectivity index (χ0v) is 18.5. The normalized spacial score (nSPS) is 19.8. The van der Waals surface area contributed by atoms with Gasteiger partial charge in [0.15, 0.2) is 15.7 Å². The molecule has 0 aliphatic carbocycles. The molecule has 0 saturated carbocycles. The highest BCUT2D eigenvalue weighted by Gasteiger charge is 2.33. The van der Waals surface area contributed by atoms with Crippen LogP contribution in [-0.2, 0) is 14.6 Å². The highest BCUT2D eigenvalue weighted by molar-refractivity contribution is 7.91. The number of rotatable bonds is 5. The molecule has 0 spiro atoms. The first-order valence-electron chi connectivity index (χ1n) is 9.50. The van der Waals surface area contributed by atoms with Crippen LogP contribution in [0.5, 0.6) is 0 Å². The van der Waals surface area contributed by atoms with E-state index in [1.54, 1.807) is 36.4 Å². The molecule has 0 unspecified atom stereocenters. The van der Waals surface area contributed by atoms with E-state index in [1.165, 1.54) is 6.07 Å². The van der Waals surface area contributed by atoms with Crippen molar-refractivity contribution >= 4 is 33.0 Å². The monoisotopic (exact) mass is 483 g/mol. The first-order chi connectivity index (χ1) is 14.8. The number of nitrogens with zero attached hydrogens (tertiary/aromatic N) is 1. The van der Waals surface area contributed by atoms with Gasteiger partial charge in [-0.05, 0) is 29.8 Å². The lowest BCUT2D eigenvalue weighted by atomic mass is 9.97. The third-order valence-corrected chi connectivity index (χ3v) is 7.66. The highest BCUT2D eigenvalue weighted by atomic mass is 35.5. The van der Waals surface area contributed by atoms with Gasteiger partial charge in [0, 0.05) is 24.6 Å². The molecule has 2 aromatic carbocycles. The maximum atomic E-state index is 13.4. The lowest BCUT2D eigenvalue weighted by molar-refractivity contribution is 0.0369. The van der Waals surface area contributed by atoms with Crippen LogP contribution in [0.4, 0.5) is 0 Å². The van der Waals surface area contributed by atoms with Crippen LogP contribution in [0.15, 0.2) is 56.7 Å².